The van der Waals surface area contributed by atoms with Crippen LogP contribution in [0.1, 0.15) is 24.3 Å². The van der Waals surface area contributed by atoms with Gasteiger partial charge in [0.15, 0.2) is 0 Å². The van der Waals surface area contributed by atoms with Gasteiger partial charge in [-0.25, -0.2) is 0 Å². The zero-order valence-corrected chi connectivity index (χ0v) is 9.12. The molecular formula is C10H13N3O3. The third-order valence-corrected chi connectivity index (χ3v) is 2.59. The van der Waals surface area contributed by atoms with Crippen molar-refractivity contribution in [3.05, 3.63) is 28.4 Å². The molecule has 1 N–H and O–H groups in total. The Labute approximate surface area is 92.1 Å². The average Bonchev–Trinajstić information content (AvgIpc) is 2.19. The van der Waals surface area contributed by atoms with E-state index in [2.05, 4.69) is 4.98 Å². The molecule has 86 valence electrons. The summed E-state index contributed by atoms with van der Waals surface area (Å²) in [6, 6.07) is 1.09. The van der Waals surface area contributed by atoms with Crippen LogP contribution in [0.4, 0.5) is 0 Å². The summed E-state index contributed by atoms with van der Waals surface area (Å²) in [6.07, 6.45) is 0.417. The number of rotatable bonds is 1. The van der Waals surface area contributed by atoms with Gasteiger partial charge in [0.1, 0.15) is 11.9 Å². The van der Waals surface area contributed by atoms with Gasteiger partial charge in [0, 0.05) is 12.1 Å². The minimum atomic E-state index is -0.871. The highest BCUT2D eigenvalue weighted by molar-refractivity contribution is 5.93. The Bertz CT molecular complexity index is 480. The Hall–Kier alpha value is -1.69. The zero-order valence-electron chi connectivity index (χ0n) is 9.12. The number of carbonyl (C=O) groups is 1. The first-order chi connectivity index (χ1) is 7.50. The van der Waals surface area contributed by atoms with E-state index in [1.165, 1.54) is 21.9 Å². The molecule has 2 heterocycles. The molecule has 2 rings (SSSR count). The minimum Gasteiger partial charge on any atom is -0.372 e. The molecule has 0 saturated heterocycles. The van der Waals surface area contributed by atoms with Gasteiger partial charge in [0.05, 0.1) is 12.9 Å². The van der Waals surface area contributed by atoms with Crippen molar-refractivity contribution in [1.82, 2.24) is 14.5 Å². The van der Waals surface area contributed by atoms with Gasteiger partial charge in [-0.1, -0.05) is 0 Å². The monoisotopic (exact) mass is 223 g/mol. The number of aliphatic hydroxyl groups excluding tert-OH is 1. The third-order valence-electron chi connectivity index (χ3n) is 2.59. The van der Waals surface area contributed by atoms with Gasteiger partial charge in [0.25, 0.3) is 11.5 Å². The van der Waals surface area contributed by atoms with E-state index in [-0.39, 0.29) is 24.2 Å². The normalized spacial score (nSPS) is 20.1. The Morgan fingerprint density at radius 1 is 1.50 bits per heavy atom. The first-order valence-electron chi connectivity index (χ1n) is 5.08. The number of nitrogens with zero attached hydrogens (tertiary/aromatic N) is 3. The Morgan fingerprint density at radius 2 is 2.19 bits per heavy atom. The first-order valence-corrected chi connectivity index (χ1v) is 5.08. The maximum atomic E-state index is 12.0. The molecule has 6 nitrogen and oxygen atoms in total. The molecule has 1 atom stereocenters. The van der Waals surface area contributed by atoms with E-state index in [4.69, 9.17) is 0 Å². The third kappa shape index (κ3) is 1.61. The lowest BCUT2D eigenvalue weighted by molar-refractivity contribution is -0.0253. The molecule has 1 unspecified atom stereocenters. The largest absolute Gasteiger partial charge is 0.372 e. The molecule has 6 heteroatoms. The molecular weight excluding hydrogens is 210 g/mol. The van der Waals surface area contributed by atoms with E-state index >= 15 is 0 Å². The summed E-state index contributed by atoms with van der Waals surface area (Å²) in [5.74, 6) is -0.340. The van der Waals surface area contributed by atoms with Crippen molar-refractivity contribution in [2.45, 2.75) is 32.7 Å². The number of amides is 1. The SMILES string of the molecule is CC(C)N1C(=O)c2cc(=O)ncn2CC1O. The van der Waals surface area contributed by atoms with Crippen LogP contribution in [0.3, 0.4) is 0 Å². The van der Waals surface area contributed by atoms with Crippen molar-refractivity contribution in [2.24, 2.45) is 0 Å². The van der Waals surface area contributed by atoms with E-state index in [9.17, 15) is 14.7 Å². The molecule has 0 bridgehead atoms. The highest BCUT2D eigenvalue weighted by Crippen LogP contribution is 2.16. The zero-order chi connectivity index (χ0) is 11.9. The maximum Gasteiger partial charge on any atom is 0.273 e. The van der Waals surface area contributed by atoms with Gasteiger partial charge >= 0.3 is 0 Å². The number of aliphatic hydroxyl groups is 1. The van der Waals surface area contributed by atoms with E-state index in [0.717, 1.165) is 0 Å². The molecule has 1 amide bonds. The van der Waals surface area contributed by atoms with Crippen molar-refractivity contribution < 1.29 is 9.90 Å². The number of aromatic nitrogens is 2. The minimum absolute atomic E-state index is 0.112. The highest BCUT2D eigenvalue weighted by atomic mass is 16.3. The lowest BCUT2D eigenvalue weighted by Gasteiger charge is -2.36. The van der Waals surface area contributed by atoms with E-state index < -0.39 is 11.8 Å². The van der Waals surface area contributed by atoms with Gasteiger partial charge in [-0.15, -0.1) is 0 Å². The molecule has 0 spiro atoms. The smallest absolute Gasteiger partial charge is 0.273 e. The molecule has 16 heavy (non-hydrogen) atoms. The quantitative estimate of drug-likeness (QED) is 0.691. The summed E-state index contributed by atoms with van der Waals surface area (Å²) >= 11 is 0. The van der Waals surface area contributed by atoms with Gasteiger partial charge in [-0.2, -0.15) is 4.98 Å². The molecule has 0 aliphatic carbocycles. The molecule has 1 aliphatic rings. The van der Waals surface area contributed by atoms with E-state index in [1.54, 1.807) is 0 Å². The molecule has 0 saturated carbocycles. The molecule has 1 aliphatic heterocycles. The second-order valence-corrected chi connectivity index (χ2v) is 4.05. The highest BCUT2D eigenvalue weighted by Gasteiger charge is 2.32. The summed E-state index contributed by atoms with van der Waals surface area (Å²) in [7, 11) is 0. The summed E-state index contributed by atoms with van der Waals surface area (Å²) in [5, 5.41) is 9.80. The van der Waals surface area contributed by atoms with Crippen LogP contribution in [0.5, 0.6) is 0 Å². The van der Waals surface area contributed by atoms with Crippen molar-refractivity contribution >= 4 is 5.91 Å². The fourth-order valence-corrected chi connectivity index (χ4v) is 1.87. The van der Waals surface area contributed by atoms with Gasteiger partial charge in [-0.05, 0) is 13.8 Å². The molecule has 0 radical (unpaired) electrons. The van der Waals surface area contributed by atoms with Crippen LogP contribution in [0.2, 0.25) is 0 Å². The summed E-state index contributed by atoms with van der Waals surface area (Å²) in [6.45, 7) is 3.87. The predicted octanol–water partition coefficient (Wildman–Crippen LogP) is -0.574. The van der Waals surface area contributed by atoms with Crippen LogP contribution in [0.25, 0.3) is 0 Å². The van der Waals surface area contributed by atoms with E-state index in [0.29, 0.717) is 0 Å². The second kappa shape index (κ2) is 3.71. The number of hydrogen-bond acceptors (Lipinski definition) is 4. The molecule has 0 fully saturated rings. The summed E-state index contributed by atoms with van der Waals surface area (Å²) in [5.41, 5.74) is -0.168. The van der Waals surface area contributed by atoms with Crippen molar-refractivity contribution in [3.63, 3.8) is 0 Å². The predicted molar refractivity (Wildman–Crippen MR) is 55.8 cm³/mol. The van der Waals surface area contributed by atoms with Crippen molar-refractivity contribution in [3.8, 4) is 0 Å². The fraction of sp³-hybridized carbons (Fsp3) is 0.500. The Balaban J connectivity index is 2.50. The van der Waals surface area contributed by atoms with Gasteiger partial charge in [-0.3, -0.25) is 9.59 Å². The molecule has 0 aromatic carbocycles. The Kier molecular flexibility index (Phi) is 2.51. The van der Waals surface area contributed by atoms with E-state index in [1.807, 2.05) is 13.8 Å². The second-order valence-electron chi connectivity index (χ2n) is 4.05. The average molecular weight is 223 g/mol. The topological polar surface area (TPSA) is 75.4 Å². The van der Waals surface area contributed by atoms with Crippen LogP contribution in [0.15, 0.2) is 17.2 Å². The van der Waals surface area contributed by atoms with Crippen molar-refractivity contribution in [2.75, 3.05) is 0 Å². The van der Waals surface area contributed by atoms with Crippen molar-refractivity contribution in [1.29, 1.82) is 0 Å². The van der Waals surface area contributed by atoms with Crippen LogP contribution >= 0.6 is 0 Å². The Morgan fingerprint density at radius 3 is 2.81 bits per heavy atom. The number of carbonyl (C=O) groups excluding carboxylic acids is 1. The fourth-order valence-electron chi connectivity index (χ4n) is 1.87. The molecule has 1 aromatic heterocycles. The summed E-state index contributed by atoms with van der Waals surface area (Å²) < 4.78 is 1.49. The van der Waals surface area contributed by atoms with Crippen LogP contribution in [-0.4, -0.2) is 37.7 Å². The first kappa shape index (κ1) is 10.8. The molecule has 1 aromatic rings. The lowest BCUT2D eigenvalue weighted by Crippen LogP contribution is -2.52. The standard InChI is InChI=1S/C10H13N3O3/c1-6(2)13-9(15)4-12-5-11-8(14)3-7(12)10(13)16/h3,5-6,9,15H,4H2,1-2H3. The van der Waals surface area contributed by atoms with Crippen LogP contribution in [0, 0.1) is 0 Å². The number of fused-ring (bicyclic) bond motifs is 1. The van der Waals surface area contributed by atoms with Crippen LogP contribution in [-0.2, 0) is 6.54 Å². The van der Waals surface area contributed by atoms with Gasteiger partial charge in [0.2, 0.25) is 0 Å². The number of hydrogen-bond donors (Lipinski definition) is 1. The van der Waals surface area contributed by atoms with Crippen LogP contribution < -0.4 is 5.56 Å². The summed E-state index contributed by atoms with van der Waals surface area (Å²) in [4.78, 5) is 28.0. The lowest BCUT2D eigenvalue weighted by atomic mass is 10.2. The maximum absolute atomic E-state index is 12.0. The van der Waals surface area contributed by atoms with Gasteiger partial charge < -0.3 is 14.6 Å².